The maximum absolute atomic E-state index is 3.99. The first-order chi connectivity index (χ1) is 6.45. The van der Waals surface area contributed by atoms with Crippen LogP contribution in [0.1, 0.15) is 11.1 Å². The Bertz CT molecular complexity index is 321. The van der Waals surface area contributed by atoms with E-state index < -0.39 is 0 Å². The van der Waals surface area contributed by atoms with E-state index in [2.05, 4.69) is 29.2 Å². The Balaban J connectivity index is 0.000000980. The smallest absolute Gasteiger partial charge is 0.0270 e. The molecule has 0 atom stereocenters. The van der Waals surface area contributed by atoms with Crippen molar-refractivity contribution in [2.24, 2.45) is 0 Å². The molecule has 0 fully saturated rings. The summed E-state index contributed by atoms with van der Waals surface area (Å²) in [5.74, 6) is 0. The van der Waals surface area contributed by atoms with Crippen LogP contribution in [0.4, 0.5) is 0 Å². The van der Waals surface area contributed by atoms with Crippen LogP contribution < -0.4 is 0 Å². The number of benzene rings is 1. The minimum absolute atomic E-state index is 0. The van der Waals surface area contributed by atoms with E-state index in [9.17, 15) is 0 Å². The summed E-state index contributed by atoms with van der Waals surface area (Å²) in [7, 11) is 0. The topological polar surface area (TPSA) is 12.9 Å². The van der Waals surface area contributed by atoms with E-state index in [1.165, 1.54) is 11.1 Å². The normalized spacial score (nSPS) is 9.14. The SMILES string of the molecule is Br.c1ccc(Cc2ccncc2)cc1. The third kappa shape index (κ3) is 2.96. The van der Waals surface area contributed by atoms with Crippen molar-refractivity contribution in [3.63, 3.8) is 0 Å². The molecule has 2 aromatic rings. The van der Waals surface area contributed by atoms with Gasteiger partial charge in [-0.3, -0.25) is 4.98 Å². The minimum Gasteiger partial charge on any atom is -0.265 e. The Labute approximate surface area is 94.6 Å². The standard InChI is InChI=1S/C12H11N.BrH/c1-2-4-11(5-3-1)10-12-6-8-13-9-7-12;/h1-9H,10H2;1H. The first kappa shape index (κ1) is 10.9. The average Bonchev–Trinajstić information content (AvgIpc) is 2.21. The molecule has 1 aromatic heterocycles. The second kappa shape index (κ2) is 5.55. The molecule has 0 bridgehead atoms. The van der Waals surface area contributed by atoms with Gasteiger partial charge in [-0.15, -0.1) is 17.0 Å². The van der Waals surface area contributed by atoms with Crippen LogP contribution in [0.15, 0.2) is 54.9 Å². The zero-order valence-electron chi connectivity index (χ0n) is 7.76. The van der Waals surface area contributed by atoms with Gasteiger partial charge in [-0.2, -0.15) is 0 Å². The van der Waals surface area contributed by atoms with E-state index in [1.807, 2.05) is 30.6 Å². The van der Waals surface area contributed by atoms with Gasteiger partial charge >= 0.3 is 0 Å². The van der Waals surface area contributed by atoms with Crippen molar-refractivity contribution in [2.45, 2.75) is 6.42 Å². The fourth-order valence-corrected chi connectivity index (χ4v) is 1.33. The lowest BCUT2D eigenvalue weighted by Gasteiger charge is -1.99. The second-order valence-corrected chi connectivity index (χ2v) is 3.02. The van der Waals surface area contributed by atoms with Gasteiger partial charge in [0.05, 0.1) is 0 Å². The van der Waals surface area contributed by atoms with Crippen LogP contribution in [0.3, 0.4) is 0 Å². The summed E-state index contributed by atoms with van der Waals surface area (Å²) in [6.45, 7) is 0. The molecule has 0 N–H and O–H groups in total. The molecule has 1 nitrogen and oxygen atoms in total. The van der Waals surface area contributed by atoms with Crippen LogP contribution in [0.2, 0.25) is 0 Å². The van der Waals surface area contributed by atoms with Crippen molar-refractivity contribution in [2.75, 3.05) is 0 Å². The van der Waals surface area contributed by atoms with Gasteiger partial charge in [0.15, 0.2) is 0 Å². The highest BCUT2D eigenvalue weighted by atomic mass is 79.9. The number of hydrogen-bond acceptors (Lipinski definition) is 1. The summed E-state index contributed by atoms with van der Waals surface area (Å²) in [5.41, 5.74) is 2.65. The first-order valence-corrected chi connectivity index (χ1v) is 4.38. The van der Waals surface area contributed by atoms with E-state index in [4.69, 9.17) is 0 Å². The number of halogens is 1. The molecule has 2 rings (SSSR count). The van der Waals surface area contributed by atoms with E-state index in [0.29, 0.717) is 0 Å². The zero-order valence-corrected chi connectivity index (χ0v) is 9.47. The van der Waals surface area contributed by atoms with E-state index in [1.54, 1.807) is 0 Å². The van der Waals surface area contributed by atoms with Gasteiger partial charge in [0.2, 0.25) is 0 Å². The highest BCUT2D eigenvalue weighted by Gasteiger charge is 1.93. The summed E-state index contributed by atoms with van der Waals surface area (Å²) in [6.07, 6.45) is 4.65. The van der Waals surface area contributed by atoms with E-state index in [0.717, 1.165) is 6.42 Å². The molecule has 1 heterocycles. The van der Waals surface area contributed by atoms with Crippen LogP contribution in [0.25, 0.3) is 0 Å². The first-order valence-electron chi connectivity index (χ1n) is 4.38. The Morgan fingerprint density at radius 1 is 0.786 bits per heavy atom. The van der Waals surface area contributed by atoms with Gasteiger partial charge in [-0.25, -0.2) is 0 Å². The maximum Gasteiger partial charge on any atom is 0.0270 e. The Kier molecular flexibility index (Phi) is 4.33. The monoisotopic (exact) mass is 249 g/mol. The van der Waals surface area contributed by atoms with Gasteiger partial charge < -0.3 is 0 Å². The van der Waals surface area contributed by atoms with Crippen molar-refractivity contribution in [3.05, 3.63) is 66.0 Å². The molecule has 0 aliphatic rings. The van der Waals surface area contributed by atoms with Gasteiger partial charge in [-0.1, -0.05) is 30.3 Å². The molecule has 1 aromatic carbocycles. The van der Waals surface area contributed by atoms with E-state index in [-0.39, 0.29) is 17.0 Å². The van der Waals surface area contributed by atoms with Crippen molar-refractivity contribution < 1.29 is 0 Å². The van der Waals surface area contributed by atoms with Gasteiger partial charge in [0, 0.05) is 12.4 Å². The Morgan fingerprint density at radius 3 is 2.00 bits per heavy atom. The fourth-order valence-electron chi connectivity index (χ4n) is 1.33. The van der Waals surface area contributed by atoms with Crippen molar-refractivity contribution in [1.82, 2.24) is 4.98 Å². The average molecular weight is 250 g/mol. The maximum atomic E-state index is 3.99. The fraction of sp³-hybridized carbons (Fsp3) is 0.0833. The summed E-state index contributed by atoms with van der Waals surface area (Å²) in [5, 5.41) is 0. The Morgan fingerprint density at radius 2 is 1.36 bits per heavy atom. The number of pyridine rings is 1. The molecular weight excluding hydrogens is 238 g/mol. The molecule has 72 valence electrons. The molecule has 2 heteroatoms. The lowest BCUT2D eigenvalue weighted by molar-refractivity contribution is 1.16. The molecule has 0 aliphatic carbocycles. The Hall–Kier alpha value is -1.15. The zero-order chi connectivity index (χ0) is 8.93. The molecule has 0 spiro atoms. The van der Waals surface area contributed by atoms with Crippen molar-refractivity contribution in [3.8, 4) is 0 Å². The lowest BCUT2D eigenvalue weighted by Crippen LogP contribution is -1.86. The highest BCUT2D eigenvalue weighted by molar-refractivity contribution is 8.93. The minimum atomic E-state index is 0. The predicted molar refractivity (Wildman–Crippen MR) is 63.8 cm³/mol. The molecule has 0 amide bonds. The van der Waals surface area contributed by atoms with Crippen LogP contribution in [0, 0.1) is 0 Å². The lowest BCUT2D eigenvalue weighted by atomic mass is 10.1. The molecule has 0 saturated heterocycles. The van der Waals surface area contributed by atoms with Gasteiger partial charge in [0.1, 0.15) is 0 Å². The summed E-state index contributed by atoms with van der Waals surface area (Å²) < 4.78 is 0. The van der Waals surface area contributed by atoms with Crippen LogP contribution >= 0.6 is 17.0 Å². The van der Waals surface area contributed by atoms with Crippen molar-refractivity contribution in [1.29, 1.82) is 0 Å². The van der Waals surface area contributed by atoms with Crippen LogP contribution in [0.5, 0.6) is 0 Å². The third-order valence-electron chi connectivity index (χ3n) is 2.00. The highest BCUT2D eigenvalue weighted by Crippen LogP contribution is 2.07. The molecule has 14 heavy (non-hydrogen) atoms. The number of rotatable bonds is 2. The molecule has 0 saturated carbocycles. The predicted octanol–water partition coefficient (Wildman–Crippen LogP) is 3.25. The largest absolute Gasteiger partial charge is 0.265 e. The molecule has 0 aliphatic heterocycles. The number of nitrogens with zero attached hydrogens (tertiary/aromatic N) is 1. The molecule has 0 unspecified atom stereocenters. The van der Waals surface area contributed by atoms with Gasteiger partial charge in [0.25, 0.3) is 0 Å². The summed E-state index contributed by atoms with van der Waals surface area (Å²) in [6, 6.07) is 14.5. The number of aromatic nitrogens is 1. The molecular formula is C12H12BrN. The van der Waals surface area contributed by atoms with Crippen LogP contribution in [-0.4, -0.2) is 4.98 Å². The van der Waals surface area contributed by atoms with Gasteiger partial charge in [-0.05, 0) is 29.7 Å². The molecule has 0 radical (unpaired) electrons. The summed E-state index contributed by atoms with van der Waals surface area (Å²) in [4.78, 5) is 3.99. The van der Waals surface area contributed by atoms with Crippen molar-refractivity contribution >= 4 is 17.0 Å². The quantitative estimate of drug-likeness (QED) is 0.797. The third-order valence-corrected chi connectivity index (χ3v) is 2.00. The van der Waals surface area contributed by atoms with Crippen LogP contribution in [-0.2, 0) is 6.42 Å². The number of hydrogen-bond donors (Lipinski definition) is 0. The summed E-state index contributed by atoms with van der Waals surface area (Å²) >= 11 is 0. The van der Waals surface area contributed by atoms with E-state index >= 15 is 0 Å². The second-order valence-electron chi connectivity index (χ2n) is 3.02.